The summed E-state index contributed by atoms with van der Waals surface area (Å²) in [5.74, 6) is 0.103. The summed E-state index contributed by atoms with van der Waals surface area (Å²) in [6.45, 7) is 2.12. The number of hydrogen-bond acceptors (Lipinski definition) is 5. The van der Waals surface area contributed by atoms with Crippen LogP contribution >= 0.6 is 0 Å². The lowest BCUT2D eigenvalue weighted by molar-refractivity contribution is 0.0707. The molecule has 2 heterocycles. The standard InChI is InChI=1S/C17H20N2O5S/c1-3-19(11-6-7-25(22,23)10-11)17(21)14-9-18-15-5-4-12(24-2)8-13(15)16(14)20/h4-5,8-9,11H,3,6-7,10H2,1-2H3,(H,18,20). The predicted octanol–water partition coefficient (Wildman–Crippen LogP) is 1.19. The Labute approximate surface area is 145 Å². The first-order valence-electron chi connectivity index (χ1n) is 8.07. The van der Waals surface area contributed by atoms with E-state index in [1.54, 1.807) is 25.1 Å². The molecule has 0 bridgehead atoms. The van der Waals surface area contributed by atoms with Crippen molar-refractivity contribution in [1.82, 2.24) is 9.88 Å². The van der Waals surface area contributed by atoms with Gasteiger partial charge < -0.3 is 14.6 Å². The number of aromatic amines is 1. The second-order valence-electron chi connectivity index (χ2n) is 6.09. The maximum absolute atomic E-state index is 12.9. The lowest BCUT2D eigenvalue weighted by Gasteiger charge is -2.26. The molecule has 25 heavy (non-hydrogen) atoms. The predicted molar refractivity (Wildman–Crippen MR) is 94.9 cm³/mol. The number of carbonyl (C=O) groups is 1. The number of fused-ring (bicyclic) bond motifs is 1. The van der Waals surface area contributed by atoms with Gasteiger partial charge >= 0.3 is 0 Å². The zero-order valence-electron chi connectivity index (χ0n) is 14.1. The first-order valence-corrected chi connectivity index (χ1v) is 9.89. The van der Waals surface area contributed by atoms with E-state index in [2.05, 4.69) is 4.98 Å². The topological polar surface area (TPSA) is 96.5 Å². The Balaban J connectivity index is 2.01. The third-order valence-electron chi connectivity index (χ3n) is 4.57. The van der Waals surface area contributed by atoms with Gasteiger partial charge in [-0.25, -0.2) is 8.42 Å². The summed E-state index contributed by atoms with van der Waals surface area (Å²) in [7, 11) is -1.61. The third-order valence-corrected chi connectivity index (χ3v) is 6.32. The molecule has 3 rings (SSSR count). The number of H-pyrrole nitrogens is 1. The van der Waals surface area contributed by atoms with Gasteiger partial charge in [0.25, 0.3) is 5.91 Å². The van der Waals surface area contributed by atoms with Crippen molar-refractivity contribution < 1.29 is 17.9 Å². The second-order valence-corrected chi connectivity index (χ2v) is 8.32. The maximum Gasteiger partial charge on any atom is 0.259 e. The molecule has 2 aromatic rings. The SMILES string of the molecule is CCN(C(=O)c1c[nH]c2ccc(OC)cc2c1=O)C1CCS(=O)(=O)C1. The Morgan fingerprint density at radius 3 is 2.76 bits per heavy atom. The zero-order valence-corrected chi connectivity index (χ0v) is 14.9. The number of benzene rings is 1. The van der Waals surface area contributed by atoms with Crippen molar-refractivity contribution in [3.05, 3.63) is 40.2 Å². The molecule has 1 unspecified atom stereocenters. The molecular weight excluding hydrogens is 344 g/mol. The number of sulfone groups is 1. The van der Waals surface area contributed by atoms with Crippen molar-refractivity contribution in [3.8, 4) is 5.75 Å². The van der Waals surface area contributed by atoms with Gasteiger partial charge in [-0.05, 0) is 31.5 Å². The highest BCUT2D eigenvalue weighted by atomic mass is 32.2. The highest BCUT2D eigenvalue weighted by molar-refractivity contribution is 7.91. The molecule has 1 aliphatic heterocycles. The largest absolute Gasteiger partial charge is 0.497 e. The van der Waals surface area contributed by atoms with Gasteiger partial charge in [-0.15, -0.1) is 0 Å². The van der Waals surface area contributed by atoms with Crippen LogP contribution < -0.4 is 10.2 Å². The summed E-state index contributed by atoms with van der Waals surface area (Å²) < 4.78 is 28.6. The van der Waals surface area contributed by atoms with Crippen LogP contribution in [0.1, 0.15) is 23.7 Å². The molecule has 1 aromatic carbocycles. The Morgan fingerprint density at radius 2 is 2.16 bits per heavy atom. The highest BCUT2D eigenvalue weighted by Gasteiger charge is 2.35. The maximum atomic E-state index is 12.9. The fourth-order valence-corrected chi connectivity index (χ4v) is 4.96. The average molecular weight is 364 g/mol. The Kier molecular flexibility index (Phi) is 4.55. The van der Waals surface area contributed by atoms with Crippen molar-refractivity contribution >= 4 is 26.6 Å². The number of carbonyl (C=O) groups excluding carboxylic acids is 1. The second kappa shape index (κ2) is 6.51. The van der Waals surface area contributed by atoms with Crippen LogP contribution in [0.3, 0.4) is 0 Å². The summed E-state index contributed by atoms with van der Waals surface area (Å²) in [4.78, 5) is 30.1. The van der Waals surface area contributed by atoms with Gasteiger partial charge in [0.1, 0.15) is 11.3 Å². The Morgan fingerprint density at radius 1 is 1.40 bits per heavy atom. The monoisotopic (exact) mass is 364 g/mol. The number of nitrogens with one attached hydrogen (secondary N) is 1. The molecule has 8 heteroatoms. The average Bonchev–Trinajstić information content (AvgIpc) is 2.95. The van der Waals surface area contributed by atoms with E-state index in [4.69, 9.17) is 4.74 Å². The number of amides is 1. The molecule has 1 aliphatic rings. The molecule has 0 spiro atoms. The van der Waals surface area contributed by atoms with Crippen LogP contribution in [0, 0.1) is 0 Å². The van der Waals surface area contributed by atoms with Gasteiger partial charge in [0.15, 0.2) is 9.84 Å². The molecule has 1 atom stereocenters. The Bertz CT molecular complexity index is 980. The molecule has 0 radical (unpaired) electrons. The van der Waals surface area contributed by atoms with Crippen LogP contribution in [0.2, 0.25) is 0 Å². The van der Waals surface area contributed by atoms with E-state index in [9.17, 15) is 18.0 Å². The van der Waals surface area contributed by atoms with Gasteiger partial charge in [0, 0.05) is 29.7 Å². The summed E-state index contributed by atoms with van der Waals surface area (Å²) >= 11 is 0. The third kappa shape index (κ3) is 3.26. The minimum atomic E-state index is -3.12. The lowest BCUT2D eigenvalue weighted by atomic mass is 10.1. The van der Waals surface area contributed by atoms with Gasteiger partial charge in [0.2, 0.25) is 5.43 Å². The van der Waals surface area contributed by atoms with E-state index in [1.165, 1.54) is 18.2 Å². The van der Waals surface area contributed by atoms with E-state index >= 15 is 0 Å². The lowest BCUT2D eigenvalue weighted by Crippen LogP contribution is -2.42. The van der Waals surface area contributed by atoms with Gasteiger partial charge in [-0.3, -0.25) is 9.59 Å². The molecule has 1 amide bonds. The molecular formula is C17H20N2O5S. The first-order chi connectivity index (χ1) is 11.9. The molecule has 134 valence electrons. The van der Waals surface area contributed by atoms with Crippen molar-refractivity contribution in [2.75, 3.05) is 25.2 Å². The van der Waals surface area contributed by atoms with E-state index in [-0.39, 0.29) is 23.1 Å². The van der Waals surface area contributed by atoms with Crippen LogP contribution in [-0.4, -0.2) is 55.4 Å². The summed E-state index contributed by atoms with van der Waals surface area (Å²) in [6, 6.07) is 4.64. The van der Waals surface area contributed by atoms with Gasteiger partial charge in [0.05, 0.1) is 18.6 Å². The van der Waals surface area contributed by atoms with Crippen LogP contribution in [0.4, 0.5) is 0 Å². The summed E-state index contributed by atoms with van der Waals surface area (Å²) in [6.07, 6.45) is 1.80. The van der Waals surface area contributed by atoms with E-state index < -0.39 is 21.2 Å². The minimum absolute atomic E-state index is 0.00639. The van der Waals surface area contributed by atoms with Crippen LogP contribution in [0.5, 0.6) is 5.75 Å². The number of aromatic nitrogens is 1. The number of pyridine rings is 1. The molecule has 1 fully saturated rings. The first kappa shape index (κ1) is 17.5. The van der Waals surface area contributed by atoms with Crippen LogP contribution in [0.15, 0.2) is 29.2 Å². The van der Waals surface area contributed by atoms with E-state index in [0.717, 1.165) is 0 Å². The normalized spacial score (nSPS) is 19.0. The number of nitrogens with zero attached hydrogens (tertiary/aromatic N) is 1. The molecule has 1 N–H and O–H groups in total. The molecule has 7 nitrogen and oxygen atoms in total. The van der Waals surface area contributed by atoms with Crippen molar-refractivity contribution in [1.29, 1.82) is 0 Å². The number of ether oxygens (including phenoxy) is 1. The van der Waals surface area contributed by atoms with Gasteiger partial charge in [-0.2, -0.15) is 0 Å². The smallest absolute Gasteiger partial charge is 0.259 e. The quantitative estimate of drug-likeness (QED) is 0.879. The fraction of sp³-hybridized carbons (Fsp3) is 0.412. The highest BCUT2D eigenvalue weighted by Crippen LogP contribution is 2.21. The van der Waals surface area contributed by atoms with Crippen molar-refractivity contribution in [2.45, 2.75) is 19.4 Å². The van der Waals surface area contributed by atoms with E-state index in [0.29, 0.717) is 29.6 Å². The van der Waals surface area contributed by atoms with Crippen LogP contribution in [-0.2, 0) is 9.84 Å². The fourth-order valence-electron chi connectivity index (χ4n) is 3.23. The minimum Gasteiger partial charge on any atom is -0.497 e. The number of methoxy groups -OCH3 is 1. The number of rotatable bonds is 4. The zero-order chi connectivity index (χ0) is 18.2. The Hall–Kier alpha value is -2.35. The molecule has 1 aromatic heterocycles. The van der Waals surface area contributed by atoms with Crippen LogP contribution in [0.25, 0.3) is 10.9 Å². The molecule has 1 saturated heterocycles. The molecule has 0 aliphatic carbocycles. The summed E-state index contributed by atoms with van der Waals surface area (Å²) in [5.41, 5.74) is 0.220. The summed E-state index contributed by atoms with van der Waals surface area (Å²) in [5, 5.41) is 0.361. The van der Waals surface area contributed by atoms with E-state index in [1.807, 2.05) is 0 Å². The van der Waals surface area contributed by atoms with Crippen molar-refractivity contribution in [2.24, 2.45) is 0 Å². The molecule has 0 saturated carbocycles. The van der Waals surface area contributed by atoms with Crippen molar-refractivity contribution in [3.63, 3.8) is 0 Å². The van der Waals surface area contributed by atoms with Gasteiger partial charge in [-0.1, -0.05) is 0 Å². The number of hydrogen-bond donors (Lipinski definition) is 1.